The van der Waals surface area contributed by atoms with Gasteiger partial charge >= 0.3 is 0 Å². The zero-order valence-corrected chi connectivity index (χ0v) is 13.8. The van der Waals surface area contributed by atoms with Crippen LogP contribution in [0.4, 0.5) is 0 Å². The molecule has 1 aliphatic carbocycles. The molecule has 1 aromatic heterocycles. The van der Waals surface area contributed by atoms with E-state index in [1.54, 1.807) is 0 Å². The van der Waals surface area contributed by atoms with E-state index in [4.69, 9.17) is 0 Å². The number of aromatic nitrogens is 1. The molecular weight excluding hydrogens is 266 g/mol. The number of aryl methyl sites for hydroxylation is 2. The molecule has 1 saturated heterocycles. The molecule has 0 aromatic carbocycles. The van der Waals surface area contributed by atoms with Crippen LogP contribution in [0.3, 0.4) is 0 Å². The van der Waals surface area contributed by atoms with Gasteiger partial charge in [-0.05, 0) is 65.5 Å². The highest BCUT2D eigenvalue weighted by Crippen LogP contribution is 2.38. The van der Waals surface area contributed by atoms with E-state index < -0.39 is 0 Å². The summed E-state index contributed by atoms with van der Waals surface area (Å²) in [6.45, 7) is 10.4. The molecule has 0 amide bonds. The molecule has 1 aromatic rings. The topological polar surface area (TPSA) is 28.2 Å². The second-order valence-corrected chi connectivity index (χ2v) is 7.73. The van der Waals surface area contributed by atoms with Crippen molar-refractivity contribution in [2.24, 2.45) is 5.92 Å². The van der Waals surface area contributed by atoms with Gasteiger partial charge in [0.25, 0.3) is 0 Å². The SMILES string of the molecule is Cc1nc(C)c(C(C)N(CC2CCCNC2)C2CC2)s1. The number of rotatable bonds is 5. The van der Waals surface area contributed by atoms with Crippen molar-refractivity contribution in [1.82, 2.24) is 15.2 Å². The van der Waals surface area contributed by atoms with Gasteiger partial charge < -0.3 is 5.32 Å². The first-order chi connectivity index (χ1) is 9.65. The number of thiazole rings is 1. The molecule has 4 heteroatoms. The lowest BCUT2D eigenvalue weighted by atomic mass is 9.98. The fourth-order valence-corrected chi connectivity index (χ4v) is 4.49. The Morgan fingerprint density at radius 2 is 2.15 bits per heavy atom. The van der Waals surface area contributed by atoms with E-state index in [0.29, 0.717) is 6.04 Å². The van der Waals surface area contributed by atoms with Crippen LogP contribution in [0.1, 0.15) is 54.2 Å². The Hall–Kier alpha value is -0.450. The predicted molar refractivity (Wildman–Crippen MR) is 85.3 cm³/mol. The van der Waals surface area contributed by atoms with Crippen molar-refractivity contribution in [3.05, 3.63) is 15.6 Å². The zero-order chi connectivity index (χ0) is 14.1. The monoisotopic (exact) mass is 293 g/mol. The van der Waals surface area contributed by atoms with Crippen molar-refractivity contribution in [2.45, 2.75) is 58.5 Å². The molecule has 3 nitrogen and oxygen atoms in total. The van der Waals surface area contributed by atoms with Gasteiger partial charge in [-0.1, -0.05) is 0 Å². The highest BCUT2D eigenvalue weighted by atomic mass is 32.1. The molecule has 0 spiro atoms. The quantitative estimate of drug-likeness (QED) is 0.903. The minimum Gasteiger partial charge on any atom is -0.316 e. The average Bonchev–Trinajstić information content (AvgIpc) is 3.22. The fourth-order valence-electron chi connectivity index (χ4n) is 3.49. The number of nitrogens with zero attached hydrogens (tertiary/aromatic N) is 2. The molecule has 2 aliphatic rings. The maximum Gasteiger partial charge on any atom is 0.0900 e. The van der Waals surface area contributed by atoms with Crippen molar-refractivity contribution in [3.8, 4) is 0 Å². The minimum atomic E-state index is 0.538. The van der Waals surface area contributed by atoms with Gasteiger partial charge in [-0.25, -0.2) is 4.98 Å². The average molecular weight is 293 g/mol. The van der Waals surface area contributed by atoms with Crippen LogP contribution in [-0.4, -0.2) is 35.6 Å². The van der Waals surface area contributed by atoms with E-state index in [-0.39, 0.29) is 0 Å². The van der Waals surface area contributed by atoms with Crippen molar-refractivity contribution in [3.63, 3.8) is 0 Å². The smallest absolute Gasteiger partial charge is 0.0900 e. The molecule has 1 saturated carbocycles. The summed E-state index contributed by atoms with van der Waals surface area (Å²) in [5, 5.41) is 4.77. The molecule has 3 rings (SSSR count). The van der Waals surface area contributed by atoms with Crippen LogP contribution in [-0.2, 0) is 0 Å². The van der Waals surface area contributed by atoms with E-state index in [9.17, 15) is 0 Å². The highest BCUT2D eigenvalue weighted by molar-refractivity contribution is 7.11. The van der Waals surface area contributed by atoms with Gasteiger partial charge in [0, 0.05) is 23.5 Å². The zero-order valence-electron chi connectivity index (χ0n) is 13.0. The molecule has 0 radical (unpaired) electrons. The Balaban J connectivity index is 1.71. The van der Waals surface area contributed by atoms with E-state index >= 15 is 0 Å². The summed E-state index contributed by atoms with van der Waals surface area (Å²) in [6.07, 6.45) is 5.52. The van der Waals surface area contributed by atoms with Gasteiger partial charge in [-0.15, -0.1) is 11.3 Å². The van der Waals surface area contributed by atoms with Gasteiger partial charge in [0.15, 0.2) is 0 Å². The number of hydrogen-bond donors (Lipinski definition) is 1. The lowest BCUT2D eigenvalue weighted by Crippen LogP contribution is -2.40. The van der Waals surface area contributed by atoms with Crippen molar-refractivity contribution < 1.29 is 0 Å². The van der Waals surface area contributed by atoms with E-state index in [0.717, 1.165) is 12.0 Å². The molecule has 0 bridgehead atoms. The second-order valence-electron chi connectivity index (χ2n) is 6.50. The van der Waals surface area contributed by atoms with Crippen LogP contribution in [0.5, 0.6) is 0 Å². The maximum atomic E-state index is 4.62. The fraction of sp³-hybridized carbons (Fsp3) is 0.812. The Labute approximate surface area is 126 Å². The molecule has 2 unspecified atom stereocenters. The number of piperidine rings is 1. The van der Waals surface area contributed by atoms with Crippen LogP contribution >= 0.6 is 11.3 Å². The molecule has 1 N–H and O–H groups in total. The van der Waals surface area contributed by atoms with Crippen LogP contribution in [0.2, 0.25) is 0 Å². The van der Waals surface area contributed by atoms with Crippen LogP contribution in [0.15, 0.2) is 0 Å². The van der Waals surface area contributed by atoms with Crippen molar-refractivity contribution in [1.29, 1.82) is 0 Å². The van der Waals surface area contributed by atoms with Gasteiger partial charge in [-0.3, -0.25) is 4.90 Å². The summed E-state index contributed by atoms with van der Waals surface area (Å²) in [4.78, 5) is 8.87. The van der Waals surface area contributed by atoms with Gasteiger partial charge in [0.2, 0.25) is 0 Å². The molecular formula is C16H27N3S. The van der Waals surface area contributed by atoms with Crippen LogP contribution in [0.25, 0.3) is 0 Å². The van der Waals surface area contributed by atoms with E-state index in [1.807, 2.05) is 11.3 Å². The standard InChI is InChI=1S/C16H27N3S/c1-11-16(20-13(3)18-11)12(2)19(15-6-7-15)10-14-5-4-8-17-9-14/h12,14-15,17H,4-10H2,1-3H3. The largest absolute Gasteiger partial charge is 0.316 e. The Bertz CT molecular complexity index is 447. The summed E-state index contributed by atoms with van der Waals surface area (Å²) in [5.74, 6) is 0.834. The second kappa shape index (κ2) is 6.12. The summed E-state index contributed by atoms with van der Waals surface area (Å²) in [7, 11) is 0. The van der Waals surface area contributed by atoms with Crippen LogP contribution in [0, 0.1) is 19.8 Å². The first-order valence-corrected chi connectivity index (χ1v) is 8.87. The molecule has 2 atom stereocenters. The van der Waals surface area contributed by atoms with Crippen molar-refractivity contribution >= 4 is 11.3 Å². The normalized spacial score (nSPS) is 25.1. The molecule has 2 fully saturated rings. The maximum absolute atomic E-state index is 4.62. The molecule has 112 valence electrons. The third-order valence-corrected chi connectivity index (χ3v) is 5.94. The van der Waals surface area contributed by atoms with Crippen molar-refractivity contribution in [2.75, 3.05) is 19.6 Å². The summed E-state index contributed by atoms with van der Waals surface area (Å²) < 4.78 is 0. The van der Waals surface area contributed by atoms with Gasteiger partial charge in [-0.2, -0.15) is 0 Å². The highest BCUT2D eigenvalue weighted by Gasteiger charge is 2.35. The predicted octanol–water partition coefficient (Wildman–Crippen LogP) is 3.28. The molecule has 1 aliphatic heterocycles. The van der Waals surface area contributed by atoms with Gasteiger partial charge in [0.1, 0.15) is 0 Å². The Morgan fingerprint density at radius 1 is 1.35 bits per heavy atom. The minimum absolute atomic E-state index is 0.538. The molecule has 20 heavy (non-hydrogen) atoms. The lowest BCUT2D eigenvalue weighted by Gasteiger charge is -2.34. The third kappa shape index (κ3) is 3.23. The van der Waals surface area contributed by atoms with E-state index in [2.05, 4.69) is 36.0 Å². The van der Waals surface area contributed by atoms with E-state index in [1.165, 1.54) is 60.9 Å². The summed E-state index contributed by atoms with van der Waals surface area (Å²) >= 11 is 1.89. The summed E-state index contributed by atoms with van der Waals surface area (Å²) in [5.41, 5.74) is 1.24. The number of nitrogens with one attached hydrogen (secondary N) is 1. The first-order valence-electron chi connectivity index (χ1n) is 8.05. The first kappa shape index (κ1) is 14.5. The third-order valence-electron chi connectivity index (χ3n) is 4.70. The summed E-state index contributed by atoms with van der Waals surface area (Å²) in [6, 6.07) is 1.37. The van der Waals surface area contributed by atoms with Crippen LogP contribution < -0.4 is 5.32 Å². The lowest BCUT2D eigenvalue weighted by molar-refractivity contribution is 0.155. The molecule has 2 heterocycles. The number of hydrogen-bond acceptors (Lipinski definition) is 4. The Kier molecular flexibility index (Phi) is 4.43. The van der Waals surface area contributed by atoms with Gasteiger partial charge in [0.05, 0.1) is 10.7 Å². The Morgan fingerprint density at radius 3 is 2.70 bits per heavy atom.